The van der Waals surface area contributed by atoms with Gasteiger partial charge in [-0.1, -0.05) is 33.2 Å². The highest BCUT2D eigenvalue weighted by Gasteiger charge is 2.15. The molecule has 0 aliphatic carbocycles. The van der Waals surface area contributed by atoms with Crippen molar-refractivity contribution >= 4 is 42.5 Å². The Balaban J connectivity index is 2.06. The number of thiazole rings is 1. The lowest BCUT2D eigenvalue weighted by Gasteiger charge is -2.07. The van der Waals surface area contributed by atoms with Crippen molar-refractivity contribution < 1.29 is 4.39 Å². The molecule has 1 aromatic heterocycles. The van der Waals surface area contributed by atoms with E-state index in [1.165, 1.54) is 17.4 Å². The molecule has 0 spiro atoms. The zero-order valence-electron chi connectivity index (χ0n) is 18.0. The van der Waals surface area contributed by atoms with Crippen LogP contribution in [0.5, 0.6) is 0 Å². The van der Waals surface area contributed by atoms with Crippen molar-refractivity contribution in [2.24, 2.45) is 9.98 Å². The summed E-state index contributed by atoms with van der Waals surface area (Å²) in [6.45, 7) is 11.6. The number of rotatable bonds is 11. The van der Waals surface area contributed by atoms with E-state index in [4.69, 9.17) is 4.98 Å². The molecule has 1 heterocycles. The number of allylic oxidation sites excluding steroid dienone is 1. The molecule has 0 saturated carbocycles. The minimum atomic E-state index is -0.195. The smallest absolute Gasteiger partial charge is 0.154 e. The Morgan fingerprint density at radius 2 is 2.10 bits per heavy atom. The number of halogens is 1. The fraction of sp³-hybridized carbons (Fsp3) is 0.391. The third-order valence-corrected chi connectivity index (χ3v) is 6.26. The van der Waals surface area contributed by atoms with Gasteiger partial charge in [0.25, 0.3) is 0 Å². The van der Waals surface area contributed by atoms with Crippen LogP contribution < -0.4 is 0 Å². The molecule has 7 heteroatoms. The number of benzene rings is 1. The maximum Gasteiger partial charge on any atom is 0.154 e. The van der Waals surface area contributed by atoms with E-state index in [1.54, 1.807) is 6.07 Å². The largest absolute Gasteiger partial charge is 0.309 e. The van der Waals surface area contributed by atoms with E-state index < -0.39 is 0 Å². The van der Waals surface area contributed by atoms with Gasteiger partial charge < -0.3 is 4.90 Å². The maximum absolute atomic E-state index is 13.5. The topological polar surface area (TPSA) is 40.9 Å². The van der Waals surface area contributed by atoms with Crippen molar-refractivity contribution in [2.75, 3.05) is 27.2 Å². The van der Waals surface area contributed by atoms with E-state index >= 15 is 0 Å². The van der Waals surface area contributed by atoms with E-state index in [0.29, 0.717) is 0 Å². The van der Waals surface area contributed by atoms with Crippen LogP contribution in [0, 0.1) is 12.7 Å². The average Bonchev–Trinajstić information content (AvgIpc) is 3.12. The van der Waals surface area contributed by atoms with E-state index in [9.17, 15) is 4.39 Å². The standard InChI is InChI=1S/C23H30FN4PS/c1-6-25-22-20(27-23(30-22)21(29)26-13-8-14-28(4)5)17(3)9-7-10-18-15-19(24)12-11-16(18)2/h11-12,15H,1,3,7-10,13-14,29H2,2,4-5H3. The van der Waals surface area contributed by atoms with E-state index in [0.717, 1.165) is 76.6 Å². The second-order valence-corrected chi connectivity index (χ2v) is 8.92. The molecule has 1 atom stereocenters. The second kappa shape index (κ2) is 12.0. The summed E-state index contributed by atoms with van der Waals surface area (Å²) >= 11 is 1.47. The zero-order chi connectivity index (χ0) is 22.1. The fourth-order valence-corrected chi connectivity index (χ4v) is 4.23. The molecule has 30 heavy (non-hydrogen) atoms. The summed E-state index contributed by atoms with van der Waals surface area (Å²) in [5.74, 6) is 2.41. The summed E-state index contributed by atoms with van der Waals surface area (Å²) in [5, 5.41) is 1.56. The number of aliphatic imine (C=N–C) groups is 2. The molecular weight excluding hydrogens is 414 g/mol. The maximum atomic E-state index is 13.5. The highest BCUT2D eigenvalue weighted by atomic mass is 32.1. The normalized spacial score (nSPS) is 11.6. The van der Waals surface area contributed by atoms with Crippen LogP contribution in [0.3, 0.4) is 0 Å². The highest BCUT2D eigenvalue weighted by molar-refractivity contribution is 7.44. The van der Waals surface area contributed by atoms with Gasteiger partial charge in [-0.3, -0.25) is 4.99 Å². The summed E-state index contributed by atoms with van der Waals surface area (Å²) in [6, 6.07) is 4.93. The third kappa shape index (κ3) is 7.37. The first-order valence-corrected chi connectivity index (χ1v) is 11.3. The van der Waals surface area contributed by atoms with Gasteiger partial charge in [0, 0.05) is 6.54 Å². The lowest BCUT2D eigenvalue weighted by atomic mass is 10.00. The van der Waals surface area contributed by atoms with Gasteiger partial charge in [0.15, 0.2) is 5.00 Å². The van der Waals surface area contributed by atoms with Crippen molar-refractivity contribution in [3.8, 4) is 0 Å². The third-order valence-electron chi connectivity index (χ3n) is 4.63. The van der Waals surface area contributed by atoms with Crippen molar-refractivity contribution in [1.82, 2.24) is 9.88 Å². The minimum absolute atomic E-state index is 0.195. The first-order chi connectivity index (χ1) is 14.3. The molecule has 1 aromatic carbocycles. The highest BCUT2D eigenvalue weighted by Crippen LogP contribution is 2.35. The van der Waals surface area contributed by atoms with Crippen LogP contribution in [0.4, 0.5) is 9.39 Å². The Hall–Kier alpha value is -1.97. The van der Waals surface area contributed by atoms with Gasteiger partial charge in [-0.05, 0) is 94.5 Å². The summed E-state index contributed by atoms with van der Waals surface area (Å²) < 4.78 is 13.5. The Kier molecular flexibility index (Phi) is 9.74. The molecule has 0 bridgehead atoms. The van der Waals surface area contributed by atoms with Crippen molar-refractivity contribution in [2.45, 2.75) is 32.6 Å². The molecule has 0 saturated heterocycles. The molecule has 0 N–H and O–H groups in total. The van der Waals surface area contributed by atoms with Gasteiger partial charge >= 0.3 is 0 Å². The van der Waals surface area contributed by atoms with Gasteiger partial charge in [0.2, 0.25) is 0 Å². The lowest BCUT2D eigenvalue weighted by Crippen LogP contribution is -2.13. The van der Waals surface area contributed by atoms with Crippen LogP contribution in [-0.4, -0.2) is 48.4 Å². The Morgan fingerprint density at radius 3 is 2.80 bits per heavy atom. The predicted octanol–water partition coefficient (Wildman–Crippen LogP) is 5.69. The van der Waals surface area contributed by atoms with Crippen LogP contribution in [0.15, 0.2) is 41.3 Å². The van der Waals surface area contributed by atoms with Crippen molar-refractivity contribution in [1.29, 1.82) is 0 Å². The number of aromatic nitrogens is 1. The summed E-state index contributed by atoms with van der Waals surface area (Å²) in [5.41, 5.74) is 4.64. The second-order valence-electron chi connectivity index (χ2n) is 7.39. The molecule has 160 valence electrons. The predicted molar refractivity (Wildman–Crippen MR) is 132 cm³/mol. The Bertz CT molecular complexity index is 958. The molecule has 0 amide bonds. The van der Waals surface area contributed by atoms with Crippen LogP contribution in [0.1, 0.15) is 41.1 Å². The van der Waals surface area contributed by atoms with E-state index in [-0.39, 0.29) is 5.82 Å². The van der Waals surface area contributed by atoms with Gasteiger partial charge in [-0.2, -0.15) is 4.99 Å². The SMILES string of the molecule is C=C=Nc1sc(C(P)=NCCCN(C)C)nc1C(=C)CCCc1cc(F)ccc1C. The van der Waals surface area contributed by atoms with Gasteiger partial charge in [-0.25, -0.2) is 9.37 Å². The number of nitrogens with zero attached hydrogens (tertiary/aromatic N) is 4. The molecule has 0 fully saturated rings. The molecule has 2 rings (SSSR count). The summed E-state index contributed by atoms with van der Waals surface area (Å²) in [4.78, 5) is 15.8. The Morgan fingerprint density at radius 1 is 1.33 bits per heavy atom. The van der Waals surface area contributed by atoms with Gasteiger partial charge in [0.1, 0.15) is 16.5 Å². The van der Waals surface area contributed by atoms with Gasteiger partial charge in [0.05, 0.1) is 5.45 Å². The van der Waals surface area contributed by atoms with Crippen LogP contribution >= 0.6 is 20.6 Å². The first-order valence-electron chi connectivity index (χ1n) is 9.93. The van der Waals surface area contributed by atoms with E-state index in [1.807, 2.05) is 13.0 Å². The van der Waals surface area contributed by atoms with Crippen LogP contribution in [0.25, 0.3) is 5.57 Å². The molecule has 1 unspecified atom stereocenters. The minimum Gasteiger partial charge on any atom is -0.309 e. The van der Waals surface area contributed by atoms with Crippen molar-refractivity contribution in [3.63, 3.8) is 0 Å². The molecule has 0 aliphatic heterocycles. The lowest BCUT2D eigenvalue weighted by molar-refractivity contribution is 0.403. The van der Waals surface area contributed by atoms with E-state index in [2.05, 4.69) is 57.2 Å². The molecular formula is C23H30FN4PS. The molecule has 4 nitrogen and oxygen atoms in total. The first kappa shape index (κ1) is 24.3. The fourth-order valence-electron chi connectivity index (χ4n) is 2.97. The van der Waals surface area contributed by atoms with Crippen molar-refractivity contribution in [3.05, 3.63) is 59.0 Å². The quantitative estimate of drug-likeness (QED) is 0.254. The monoisotopic (exact) mass is 444 g/mol. The Labute approximate surface area is 185 Å². The molecule has 0 aliphatic rings. The summed E-state index contributed by atoms with van der Waals surface area (Å²) in [7, 11) is 6.78. The number of hydrogen-bond donors (Lipinski definition) is 0. The average molecular weight is 445 g/mol. The van der Waals surface area contributed by atoms with Crippen LogP contribution in [-0.2, 0) is 6.42 Å². The number of hydrogen-bond acceptors (Lipinski definition) is 5. The van der Waals surface area contributed by atoms with Gasteiger partial charge in [-0.15, -0.1) is 0 Å². The molecule has 2 aromatic rings. The van der Waals surface area contributed by atoms with Crippen LogP contribution in [0.2, 0.25) is 0 Å². The molecule has 0 radical (unpaired) electrons. The summed E-state index contributed by atoms with van der Waals surface area (Å²) in [6.07, 6.45) is 3.40. The zero-order valence-corrected chi connectivity index (χ0v) is 20.0. The number of aryl methyl sites for hydroxylation is 2.